The number of benzene rings is 2. The lowest BCUT2D eigenvalue weighted by Crippen LogP contribution is -2.50. The fourth-order valence-electron chi connectivity index (χ4n) is 2.64. The predicted octanol–water partition coefficient (Wildman–Crippen LogP) is 5.31. The molecule has 162 valence electrons. The van der Waals surface area contributed by atoms with Crippen LogP contribution in [-0.4, -0.2) is 35.4 Å². The highest BCUT2D eigenvalue weighted by molar-refractivity contribution is 14.1. The fourth-order valence-corrected chi connectivity index (χ4v) is 3.47. The highest BCUT2D eigenvalue weighted by atomic mass is 127. The van der Waals surface area contributed by atoms with Gasteiger partial charge in [-0.3, -0.25) is 9.59 Å². The van der Waals surface area contributed by atoms with Crippen LogP contribution in [0.2, 0.25) is 10.0 Å². The van der Waals surface area contributed by atoms with Crippen LogP contribution in [0.4, 0.5) is 0 Å². The number of hydrogen-bond donors (Lipinski definition) is 1. The number of amides is 2. The summed E-state index contributed by atoms with van der Waals surface area (Å²) in [7, 11) is 0. The number of ether oxygens (including phenoxy) is 1. The van der Waals surface area contributed by atoms with Gasteiger partial charge in [0.05, 0.1) is 0 Å². The van der Waals surface area contributed by atoms with Gasteiger partial charge in [-0.05, 0) is 84.8 Å². The second-order valence-corrected chi connectivity index (χ2v) is 9.08. The van der Waals surface area contributed by atoms with Crippen molar-refractivity contribution in [1.82, 2.24) is 10.2 Å². The van der Waals surface area contributed by atoms with E-state index in [4.69, 9.17) is 27.9 Å². The third-order valence-electron chi connectivity index (χ3n) is 4.70. The van der Waals surface area contributed by atoms with Crippen molar-refractivity contribution in [3.63, 3.8) is 0 Å². The topological polar surface area (TPSA) is 58.6 Å². The molecule has 0 saturated carbocycles. The second-order valence-electron chi connectivity index (χ2n) is 6.99. The van der Waals surface area contributed by atoms with E-state index in [1.165, 1.54) is 4.90 Å². The molecule has 2 atom stereocenters. The first-order valence-corrected chi connectivity index (χ1v) is 11.5. The van der Waals surface area contributed by atoms with E-state index in [0.717, 1.165) is 9.99 Å². The number of nitrogens with zero attached hydrogens (tertiary/aromatic N) is 1. The minimum absolute atomic E-state index is 0.0130. The van der Waals surface area contributed by atoms with Crippen molar-refractivity contribution in [2.24, 2.45) is 0 Å². The lowest BCUT2D eigenvalue weighted by molar-refractivity contribution is -0.142. The van der Waals surface area contributed by atoms with E-state index in [0.29, 0.717) is 21.4 Å². The van der Waals surface area contributed by atoms with Gasteiger partial charge < -0.3 is 15.0 Å². The highest BCUT2D eigenvalue weighted by Gasteiger charge is 2.27. The number of nitrogens with one attached hydrogen (secondary N) is 1. The molecule has 2 rings (SSSR count). The molecular weight excluding hydrogens is 538 g/mol. The summed E-state index contributed by atoms with van der Waals surface area (Å²) in [5.41, 5.74) is 0.701. The first kappa shape index (κ1) is 24.8. The molecule has 1 N–H and O–H groups in total. The van der Waals surface area contributed by atoms with E-state index in [9.17, 15) is 9.59 Å². The normalized spacial score (nSPS) is 12.7. The molecule has 0 radical (unpaired) electrons. The Morgan fingerprint density at radius 2 is 1.80 bits per heavy atom. The number of carbonyl (C=O) groups is 2. The van der Waals surface area contributed by atoms with Gasteiger partial charge in [0.2, 0.25) is 5.91 Å². The van der Waals surface area contributed by atoms with Gasteiger partial charge in [-0.1, -0.05) is 36.2 Å². The molecule has 0 bridgehead atoms. The molecule has 2 aromatic carbocycles. The van der Waals surface area contributed by atoms with E-state index in [-0.39, 0.29) is 31.0 Å². The second kappa shape index (κ2) is 11.8. The lowest BCUT2D eigenvalue weighted by atomic mass is 10.1. The molecule has 0 aliphatic rings. The quantitative estimate of drug-likeness (QED) is 0.421. The molecule has 0 spiro atoms. The Balaban J connectivity index is 2.18. The molecule has 30 heavy (non-hydrogen) atoms. The SMILES string of the molecule is CCC(C)NC(=O)C(C)N(Cc1ccc(Cl)cc1Cl)C(=O)COc1ccc(I)cc1. The molecule has 2 amide bonds. The summed E-state index contributed by atoms with van der Waals surface area (Å²) in [6.07, 6.45) is 0.797. The van der Waals surface area contributed by atoms with Crippen molar-refractivity contribution in [3.8, 4) is 5.75 Å². The lowest BCUT2D eigenvalue weighted by Gasteiger charge is -2.30. The van der Waals surface area contributed by atoms with Crippen molar-refractivity contribution in [2.45, 2.75) is 45.8 Å². The van der Waals surface area contributed by atoms with Crippen LogP contribution in [0.25, 0.3) is 0 Å². The number of carbonyl (C=O) groups excluding carboxylic acids is 2. The zero-order valence-electron chi connectivity index (χ0n) is 17.1. The largest absolute Gasteiger partial charge is 0.484 e. The maximum absolute atomic E-state index is 13.0. The summed E-state index contributed by atoms with van der Waals surface area (Å²) >= 11 is 14.5. The number of rotatable bonds is 9. The molecule has 0 aliphatic heterocycles. The predicted molar refractivity (Wildman–Crippen MR) is 129 cm³/mol. The molecule has 0 aliphatic carbocycles. The van der Waals surface area contributed by atoms with E-state index in [1.54, 1.807) is 37.3 Å². The van der Waals surface area contributed by atoms with Crippen LogP contribution in [0, 0.1) is 3.57 Å². The van der Waals surface area contributed by atoms with Gasteiger partial charge in [0, 0.05) is 26.2 Å². The standard InChI is InChI=1S/C22H25Cl2IN2O3/c1-4-14(2)26-22(29)15(3)27(12-16-5-6-17(23)11-20(16)24)21(28)13-30-19-9-7-18(25)8-10-19/h5-11,14-15H,4,12-13H2,1-3H3,(H,26,29). The van der Waals surface area contributed by atoms with Crippen LogP contribution in [0.1, 0.15) is 32.8 Å². The van der Waals surface area contributed by atoms with E-state index < -0.39 is 6.04 Å². The van der Waals surface area contributed by atoms with Gasteiger partial charge in [0.1, 0.15) is 11.8 Å². The molecule has 5 nitrogen and oxygen atoms in total. The van der Waals surface area contributed by atoms with Gasteiger partial charge in [-0.2, -0.15) is 0 Å². The molecule has 8 heteroatoms. The Morgan fingerprint density at radius 1 is 1.13 bits per heavy atom. The Kier molecular flexibility index (Phi) is 9.71. The average molecular weight is 563 g/mol. The van der Waals surface area contributed by atoms with Gasteiger partial charge >= 0.3 is 0 Å². The summed E-state index contributed by atoms with van der Waals surface area (Å²) in [6.45, 7) is 5.59. The zero-order chi connectivity index (χ0) is 22.3. The first-order valence-electron chi connectivity index (χ1n) is 9.63. The number of halogens is 3. The Labute approximate surface area is 201 Å². The minimum atomic E-state index is -0.696. The van der Waals surface area contributed by atoms with Crippen LogP contribution in [0.5, 0.6) is 5.75 Å². The van der Waals surface area contributed by atoms with Crippen LogP contribution >= 0.6 is 45.8 Å². The average Bonchev–Trinajstić information content (AvgIpc) is 2.72. The number of hydrogen-bond acceptors (Lipinski definition) is 3. The van der Waals surface area contributed by atoms with Crippen molar-refractivity contribution < 1.29 is 14.3 Å². The minimum Gasteiger partial charge on any atom is -0.484 e. The highest BCUT2D eigenvalue weighted by Crippen LogP contribution is 2.23. The summed E-state index contributed by atoms with van der Waals surface area (Å²) in [5.74, 6) is 0.0494. The third-order valence-corrected chi connectivity index (χ3v) is 6.01. The van der Waals surface area contributed by atoms with Gasteiger partial charge in [0.25, 0.3) is 5.91 Å². The summed E-state index contributed by atoms with van der Waals surface area (Å²) < 4.78 is 6.71. The van der Waals surface area contributed by atoms with Gasteiger partial charge in [0.15, 0.2) is 6.61 Å². The molecule has 0 heterocycles. The van der Waals surface area contributed by atoms with Crippen molar-refractivity contribution >= 4 is 57.6 Å². The summed E-state index contributed by atoms with van der Waals surface area (Å²) in [6, 6.07) is 11.8. The third kappa shape index (κ3) is 7.32. The van der Waals surface area contributed by atoms with Crippen LogP contribution in [-0.2, 0) is 16.1 Å². The molecule has 0 fully saturated rings. The van der Waals surface area contributed by atoms with Crippen LogP contribution in [0.15, 0.2) is 42.5 Å². The van der Waals surface area contributed by atoms with E-state index >= 15 is 0 Å². The molecule has 0 saturated heterocycles. The van der Waals surface area contributed by atoms with Crippen molar-refractivity contribution in [3.05, 3.63) is 61.6 Å². The van der Waals surface area contributed by atoms with Crippen LogP contribution < -0.4 is 10.1 Å². The summed E-state index contributed by atoms with van der Waals surface area (Å²) in [5, 5.41) is 3.87. The smallest absolute Gasteiger partial charge is 0.261 e. The van der Waals surface area contributed by atoms with Crippen molar-refractivity contribution in [2.75, 3.05) is 6.61 Å². The monoisotopic (exact) mass is 562 g/mol. The van der Waals surface area contributed by atoms with Gasteiger partial charge in [-0.15, -0.1) is 0 Å². The molecular formula is C22H25Cl2IN2O3. The Bertz CT molecular complexity index is 877. The van der Waals surface area contributed by atoms with Gasteiger partial charge in [-0.25, -0.2) is 0 Å². The fraction of sp³-hybridized carbons (Fsp3) is 0.364. The molecule has 0 aromatic heterocycles. The van der Waals surface area contributed by atoms with Crippen molar-refractivity contribution in [1.29, 1.82) is 0 Å². The van der Waals surface area contributed by atoms with E-state index in [2.05, 4.69) is 27.9 Å². The van der Waals surface area contributed by atoms with Crippen LogP contribution in [0.3, 0.4) is 0 Å². The Morgan fingerprint density at radius 3 is 2.40 bits per heavy atom. The molecule has 2 unspecified atom stereocenters. The maximum Gasteiger partial charge on any atom is 0.261 e. The summed E-state index contributed by atoms with van der Waals surface area (Å²) in [4.78, 5) is 27.2. The zero-order valence-corrected chi connectivity index (χ0v) is 20.8. The van der Waals surface area contributed by atoms with E-state index in [1.807, 2.05) is 26.0 Å². The Hall–Kier alpha value is -1.51. The first-order chi connectivity index (χ1) is 14.2. The maximum atomic E-state index is 13.0. The molecule has 2 aromatic rings.